The molecule has 0 unspecified atom stereocenters. The molecular formula is C20H18N4O3. The number of hydrogen-bond acceptors (Lipinski definition) is 5. The van der Waals surface area contributed by atoms with Crippen molar-refractivity contribution in [2.45, 2.75) is 0 Å². The van der Waals surface area contributed by atoms with Crippen LogP contribution in [0.3, 0.4) is 0 Å². The maximum Gasteiger partial charge on any atom is 0.283 e. The topological polar surface area (TPSA) is 102 Å². The minimum atomic E-state index is -0.455. The quantitative estimate of drug-likeness (QED) is 0.294. The fourth-order valence-corrected chi connectivity index (χ4v) is 3.23. The number of carbonyl (C=O) groups excluding carboxylic acids is 1. The fourth-order valence-electron chi connectivity index (χ4n) is 3.23. The number of para-hydroxylation sites is 1. The van der Waals surface area contributed by atoms with Gasteiger partial charge in [-0.2, -0.15) is 0 Å². The van der Waals surface area contributed by atoms with Gasteiger partial charge in [-0.05, 0) is 30.3 Å². The van der Waals surface area contributed by atoms with Gasteiger partial charge in [0.1, 0.15) is 5.69 Å². The molecule has 0 saturated heterocycles. The Morgan fingerprint density at radius 1 is 1.04 bits per heavy atom. The van der Waals surface area contributed by atoms with Crippen molar-refractivity contribution < 1.29 is 14.3 Å². The number of benzene rings is 2. The maximum atomic E-state index is 12.2. The van der Waals surface area contributed by atoms with Crippen LogP contribution in [0.1, 0.15) is 10.5 Å². The second kappa shape index (κ2) is 6.62. The fraction of sp³-hybridized carbons (Fsp3) is 0.100. The molecule has 0 spiro atoms. The van der Waals surface area contributed by atoms with Gasteiger partial charge in [0, 0.05) is 21.9 Å². The second-order valence-electron chi connectivity index (χ2n) is 5.99. The molecule has 0 fully saturated rings. The molecule has 0 radical (unpaired) electrons. The Bertz CT molecular complexity index is 1170. The lowest BCUT2D eigenvalue weighted by molar-refractivity contribution is 0.0949. The molecule has 2 aromatic carbocycles. The summed E-state index contributed by atoms with van der Waals surface area (Å²) >= 11 is 0. The smallest absolute Gasteiger partial charge is 0.283 e. The number of methoxy groups -OCH3 is 2. The number of ether oxygens (including phenoxy) is 2. The largest absolute Gasteiger partial charge is 0.493 e. The van der Waals surface area contributed by atoms with Gasteiger partial charge in [0.15, 0.2) is 11.5 Å². The molecule has 4 aromatic rings. The summed E-state index contributed by atoms with van der Waals surface area (Å²) in [5.41, 5.74) is 5.59. The SMILES string of the molecule is COc1ccc(-c2nc(C(=O)NN)cc3c2[nH]c2ccccc23)cc1OC. The molecule has 0 atom stereocenters. The summed E-state index contributed by atoms with van der Waals surface area (Å²) in [6, 6.07) is 15.1. The summed E-state index contributed by atoms with van der Waals surface area (Å²) in [5.74, 6) is 6.06. The number of fused-ring (bicyclic) bond motifs is 3. The molecule has 7 heteroatoms. The van der Waals surface area contributed by atoms with Gasteiger partial charge in [0.05, 0.1) is 25.4 Å². The Labute approximate surface area is 155 Å². The summed E-state index contributed by atoms with van der Waals surface area (Å²) in [6.07, 6.45) is 0. The van der Waals surface area contributed by atoms with E-state index < -0.39 is 5.91 Å². The van der Waals surface area contributed by atoms with E-state index in [-0.39, 0.29) is 5.69 Å². The maximum absolute atomic E-state index is 12.2. The second-order valence-corrected chi connectivity index (χ2v) is 5.99. The molecule has 4 N–H and O–H groups in total. The van der Waals surface area contributed by atoms with Crippen molar-refractivity contribution in [2.75, 3.05) is 14.2 Å². The highest BCUT2D eigenvalue weighted by atomic mass is 16.5. The van der Waals surface area contributed by atoms with Gasteiger partial charge in [0.25, 0.3) is 5.91 Å². The Morgan fingerprint density at radius 2 is 1.81 bits per heavy atom. The average Bonchev–Trinajstić information content (AvgIpc) is 3.10. The Balaban J connectivity index is 2.05. The van der Waals surface area contributed by atoms with E-state index in [0.717, 1.165) is 27.4 Å². The van der Waals surface area contributed by atoms with Gasteiger partial charge in [-0.15, -0.1) is 0 Å². The third-order valence-electron chi connectivity index (χ3n) is 4.52. The average molecular weight is 362 g/mol. The van der Waals surface area contributed by atoms with Crippen LogP contribution in [0.5, 0.6) is 11.5 Å². The number of nitrogen functional groups attached to an aromatic ring is 1. The first kappa shape index (κ1) is 16.9. The Kier molecular flexibility index (Phi) is 4.13. The van der Waals surface area contributed by atoms with Crippen LogP contribution in [0.2, 0.25) is 0 Å². The van der Waals surface area contributed by atoms with Crippen LogP contribution in [0.4, 0.5) is 0 Å². The number of nitrogens with zero attached hydrogens (tertiary/aromatic N) is 1. The van der Waals surface area contributed by atoms with E-state index in [0.29, 0.717) is 17.2 Å². The number of nitrogens with two attached hydrogens (primary N) is 1. The molecular weight excluding hydrogens is 344 g/mol. The van der Waals surface area contributed by atoms with Crippen molar-refractivity contribution in [1.29, 1.82) is 0 Å². The predicted octanol–water partition coefficient (Wildman–Crippen LogP) is 3.00. The summed E-state index contributed by atoms with van der Waals surface area (Å²) < 4.78 is 10.7. The minimum absolute atomic E-state index is 0.236. The number of nitrogens with one attached hydrogen (secondary N) is 2. The van der Waals surface area contributed by atoms with Crippen LogP contribution in [0.25, 0.3) is 33.1 Å². The van der Waals surface area contributed by atoms with Gasteiger partial charge in [-0.1, -0.05) is 18.2 Å². The van der Waals surface area contributed by atoms with E-state index in [4.69, 9.17) is 15.3 Å². The van der Waals surface area contributed by atoms with Crippen LogP contribution in [-0.4, -0.2) is 30.1 Å². The first-order valence-electron chi connectivity index (χ1n) is 8.31. The van der Waals surface area contributed by atoms with E-state index >= 15 is 0 Å². The van der Waals surface area contributed by atoms with Crippen molar-refractivity contribution in [3.05, 3.63) is 54.2 Å². The van der Waals surface area contributed by atoms with Crippen LogP contribution >= 0.6 is 0 Å². The van der Waals surface area contributed by atoms with Gasteiger partial charge < -0.3 is 14.5 Å². The Morgan fingerprint density at radius 3 is 2.56 bits per heavy atom. The number of aromatic nitrogens is 2. The summed E-state index contributed by atoms with van der Waals surface area (Å²) in [4.78, 5) is 20.1. The van der Waals surface area contributed by atoms with Gasteiger partial charge in [0.2, 0.25) is 0 Å². The zero-order valence-corrected chi connectivity index (χ0v) is 14.9. The molecule has 7 nitrogen and oxygen atoms in total. The number of H-pyrrole nitrogens is 1. The lowest BCUT2D eigenvalue weighted by atomic mass is 10.1. The van der Waals surface area contributed by atoms with Crippen LogP contribution in [-0.2, 0) is 0 Å². The van der Waals surface area contributed by atoms with Crippen LogP contribution in [0.15, 0.2) is 48.5 Å². The monoisotopic (exact) mass is 362 g/mol. The van der Waals surface area contributed by atoms with E-state index in [9.17, 15) is 4.79 Å². The summed E-state index contributed by atoms with van der Waals surface area (Å²) in [5, 5.41) is 1.90. The lowest BCUT2D eigenvalue weighted by Gasteiger charge is -2.11. The molecule has 4 rings (SSSR count). The summed E-state index contributed by atoms with van der Waals surface area (Å²) in [7, 11) is 3.16. The third kappa shape index (κ3) is 2.74. The molecule has 0 saturated carbocycles. The van der Waals surface area contributed by atoms with E-state index in [1.54, 1.807) is 26.4 Å². The zero-order valence-electron chi connectivity index (χ0n) is 14.9. The van der Waals surface area contributed by atoms with E-state index in [2.05, 4.69) is 15.4 Å². The number of hydrazine groups is 1. The van der Waals surface area contributed by atoms with Gasteiger partial charge in [-0.3, -0.25) is 10.2 Å². The van der Waals surface area contributed by atoms with Gasteiger partial charge >= 0.3 is 0 Å². The van der Waals surface area contributed by atoms with Crippen LogP contribution < -0.4 is 20.7 Å². The minimum Gasteiger partial charge on any atom is -0.493 e. The first-order valence-corrected chi connectivity index (χ1v) is 8.31. The molecule has 0 aliphatic rings. The Hall–Kier alpha value is -3.58. The zero-order chi connectivity index (χ0) is 19.0. The highest BCUT2D eigenvalue weighted by molar-refractivity contribution is 6.13. The normalized spacial score (nSPS) is 10.9. The molecule has 27 heavy (non-hydrogen) atoms. The van der Waals surface area contributed by atoms with Crippen molar-refractivity contribution in [3.8, 4) is 22.8 Å². The summed E-state index contributed by atoms with van der Waals surface area (Å²) in [6.45, 7) is 0. The molecule has 1 amide bonds. The highest BCUT2D eigenvalue weighted by Gasteiger charge is 2.17. The van der Waals surface area contributed by atoms with Crippen molar-refractivity contribution in [2.24, 2.45) is 5.84 Å². The molecule has 2 aromatic heterocycles. The number of hydrogen-bond donors (Lipinski definition) is 3. The lowest BCUT2D eigenvalue weighted by Crippen LogP contribution is -2.30. The molecule has 0 bridgehead atoms. The van der Waals surface area contributed by atoms with E-state index in [1.165, 1.54) is 0 Å². The predicted molar refractivity (Wildman–Crippen MR) is 104 cm³/mol. The van der Waals surface area contributed by atoms with Crippen LogP contribution in [0, 0.1) is 0 Å². The van der Waals surface area contributed by atoms with Crippen molar-refractivity contribution in [3.63, 3.8) is 0 Å². The van der Waals surface area contributed by atoms with Crippen molar-refractivity contribution in [1.82, 2.24) is 15.4 Å². The number of carbonyl (C=O) groups is 1. The number of aromatic amines is 1. The standard InChI is InChI=1S/C20H18N4O3/c1-26-16-8-7-11(9-17(16)27-2)18-19-13(10-15(23-18)20(25)24-21)12-5-3-4-6-14(12)22-19/h3-10,22H,21H2,1-2H3,(H,24,25). The highest BCUT2D eigenvalue weighted by Crippen LogP contribution is 2.36. The number of rotatable bonds is 4. The first-order chi connectivity index (χ1) is 13.2. The molecule has 2 heterocycles. The molecule has 0 aliphatic carbocycles. The third-order valence-corrected chi connectivity index (χ3v) is 4.52. The van der Waals surface area contributed by atoms with Crippen molar-refractivity contribution >= 4 is 27.7 Å². The number of pyridine rings is 1. The molecule has 0 aliphatic heterocycles. The molecule has 136 valence electrons. The number of amides is 1. The van der Waals surface area contributed by atoms with E-state index in [1.807, 2.05) is 36.4 Å². The van der Waals surface area contributed by atoms with Gasteiger partial charge in [-0.25, -0.2) is 10.8 Å².